The van der Waals surface area contributed by atoms with Crippen LogP contribution in [0.4, 0.5) is 9.18 Å². The average Bonchev–Trinajstić information content (AvgIpc) is 2.25. The zero-order chi connectivity index (χ0) is 15.6. The molecule has 0 aliphatic rings. The fourth-order valence-corrected chi connectivity index (χ4v) is 1.58. The van der Waals surface area contributed by atoms with Crippen LogP contribution in [-0.4, -0.2) is 23.0 Å². The highest BCUT2D eigenvalue weighted by Gasteiger charge is 2.32. The van der Waals surface area contributed by atoms with Gasteiger partial charge in [-0.05, 0) is 58.9 Å². The molecule has 0 atom stereocenters. The van der Waals surface area contributed by atoms with Crippen LogP contribution in [0.15, 0.2) is 24.3 Å². The standard InChI is InChI=1S/C15H20FNO3/c1-14(2,3)20-13(19)17-15(4,5)12(18)10-6-8-11(16)9-7-10/h6-9H,1-5H3,(H,17,19). The smallest absolute Gasteiger partial charge is 0.408 e. The number of ether oxygens (including phenoxy) is 1. The monoisotopic (exact) mass is 281 g/mol. The number of carbonyl (C=O) groups excluding carboxylic acids is 2. The summed E-state index contributed by atoms with van der Waals surface area (Å²) in [5, 5.41) is 2.52. The van der Waals surface area contributed by atoms with E-state index < -0.39 is 23.1 Å². The maximum Gasteiger partial charge on any atom is 0.408 e. The SMILES string of the molecule is CC(C)(C)OC(=O)NC(C)(C)C(=O)c1ccc(F)cc1. The molecular weight excluding hydrogens is 261 g/mol. The van der Waals surface area contributed by atoms with E-state index in [-0.39, 0.29) is 5.78 Å². The lowest BCUT2D eigenvalue weighted by atomic mass is 9.93. The van der Waals surface area contributed by atoms with Crippen LogP contribution in [0.5, 0.6) is 0 Å². The van der Waals surface area contributed by atoms with E-state index in [4.69, 9.17) is 4.74 Å². The largest absolute Gasteiger partial charge is 0.444 e. The summed E-state index contributed by atoms with van der Waals surface area (Å²) in [7, 11) is 0. The molecule has 0 aliphatic heterocycles. The molecule has 0 radical (unpaired) electrons. The highest BCUT2D eigenvalue weighted by atomic mass is 19.1. The van der Waals surface area contributed by atoms with Gasteiger partial charge in [0, 0.05) is 5.56 Å². The van der Waals surface area contributed by atoms with Crippen LogP contribution < -0.4 is 5.32 Å². The molecule has 0 spiro atoms. The first-order chi connectivity index (χ1) is 9.01. The van der Waals surface area contributed by atoms with Crippen LogP contribution in [0, 0.1) is 5.82 Å². The first kappa shape index (κ1) is 16.1. The number of Topliss-reactive ketones (excluding diaryl/α,β-unsaturated/α-hetero) is 1. The summed E-state index contributed by atoms with van der Waals surface area (Å²) in [5.74, 6) is -0.734. The van der Waals surface area contributed by atoms with E-state index >= 15 is 0 Å². The predicted molar refractivity (Wildman–Crippen MR) is 74.2 cm³/mol. The first-order valence-corrected chi connectivity index (χ1v) is 6.33. The molecule has 1 aromatic rings. The van der Waals surface area contributed by atoms with E-state index in [1.54, 1.807) is 34.6 Å². The molecule has 0 unspecified atom stereocenters. The highest BCUT2D eigenvalue weighted by Crippen LogP contribution is 2.15. The van der Waals surface area contributed by atoms with Gasteiger partial charge in [0.1, 0.15) is 17.0 Å². The minimum absolute atomic E-state index is 0.316. The number of amides is 1. The number of alkyl carbamates (subject to hydrolysis) is 1. The number of rotatable bonds is 3. The Morgan fingerprint density at radius 3 is 2.00 bits per heavy atom. The van der Waals surface area contributed by atoms with Crippen molar-refractivity contribution in [1.82, 2.24) is 5.32 Å². The molecule has 20 heavy (non-hydrogen) atoms. The van der Waals surface area contributed by atoms with E-state index in [9.17, 15) is 14.0 Å². The molecule has 110 valence electrons. The molecule has 0 heterocycles. The van der Waals surface area contributed by atoms with E-state index in [0.717, 1.165) is 0 Å². The van der Waals surface area contributed by atoms with Crippen molar-refractivity contribution >= 4 is 11.9 Å². The summed E-state index contributed by atoms with van der Waals surface area (Å²) in [6.45, 7) is 8.36. The maximum atomic E-state index is 12.8. The van der Waals surface area contributed by atoms with Crippen LogP contribution >= 0.6 is 0 Å². The lowest BCUT2D eigenvalue weighted by Gasteiger charge is -2.27. The molecule has 1 rings (SSSR count). The molecule has 1 amide bonds. The van der Waals surface area contributed by atoms with Gasteiger partial charge in [-0.25, -0.2) is 9.18 Å². The average molecular weight is 281 g/mol. The Balaban J connectivity index is 2.80. The quantitative estimate of drug-likeness (QED) is 0.865. The molecule has 0 aliphatic carbocycles. The third kappa shape index (κ3) is 4.64. The van der Waals surface area contributed by atoms with Crippen LogP contribution in [0.1, 0.15) is 45.0 Å². The number of hydrogen-bond acceptors (Lipinski definition) is 3. The zero-order valence-corrected chi connectivity index (χ0v) is 12.4. The lowest BCUT2D eigenvalue weighted by molar-refractivity contribution is 0.0454. The molecule has 0 saturated carbocycles. The fourth-order valence-electron chi connectivity index (χ4n) is 1.58. The van der Waals surface area contributed by atoms with Crippen molar-refractivity contribution in [1.29, 1.82) is 0 Å². The molecule has 5 heteroatoms. The Hall–Kier alpha value is -1.91. The zero-order valence-electron chi connectivity index (χ0n) is 12.4. The second-order valence-corrected chi connectivity index (χ2v) is 6.09. The fraction of sp³-hybridized carbons (Fsp3) is 0.467. The number of nitrogens with one attached hydrogen (secondary N) is 1. The van der Waals surface area contributed by atoms with Gasteiger partial charge in [0.15, 0.2) is 5.78 Å². The van der Waals surface area contributed by atoms with Gasteiger partial charge in [-0.3, -0.25) is 4.79 Å². The van der Waals surface area contributed by atoms with Crippen LogP contribution in [0.25, 0.3) is 0 Å². The van der Waals surface area contributed by atoms with Gasteiger partial charge in [0.2, 0.25) is 0 Å². The van der Waals surface area contributed by atoms with Crippen molar-refractivity contribution < 1.29 is 18.7 Å². The summed E-state index contributed by atoms with van der Waals surface area (Å²) >= 11 is 0. The molecule has 0 bridgehead atoms. The number of benzene rings is 1. The minimum Gasteiger partial charge on any atom is -0.444 e. The Morgan fingerprint density at radius 2 is 1.55 bits per heavy atom. The van der Waals surface area contributed by atoms with Crippen LogP contribution in [0.2, 0.25) is 0 Å². The van der Waals surface area contributed by atoms with E-state index in [1.165, 1.54) is 24.3 Å². The van der Waals surface area contributed by atoms with Gasteiger partial charge < -0.3 is 10.1 Å². The summed E-state index contributed by atoms with van der Waals surface area (Å²) in [6, 6.07) is 5.18. The number of halogens is 1. The van der Waals surface area contributed by atoms with Crippen molar-refractivity contribution in [3.63, 3.8) is 0 Å². The second-order valence-electron chi connectivity index (χ2n) is 6.09. The molecule has 1 aromatic carbocycles. The normalized spacial score (nSPS) is 11.9. The van der Waals surface area contributed by atoms with Crippen LogP contribution in [0.3, 0.4) is 0 Å². The maximum absolute atomic E-state index is 12.8. The Bertz CT molecular complexity index is 501. The highest BCUT2D eigenvalue weighted by molar-refractivity contribution is 6.04. The van der Waals surface area contributed by atoms with Gasteiger partial charge in [0.25, 0.3) is 0 Å². The lowest BCUT2D eigenvalue weighted by Crippen LogP contribution is -2.51. The number of ketones is 1. The minimum atomic E-state index is -1.14. The van der Waals surface area contributed by atoms with Gasteiger partial charge in [-0.15, -0.1) is 0 Å². The Labute approximate surface area is 118 Å². The summed E-state index contributed by atoms with van der Waals surface area (Å²) in [5.41, 5.74) is -1.45. The van der Waals surface area contributed by atoms with Crippen molar-refractivity contribution in [2.75, 3.05) is 0 Å². The molecule has 0 aromatic heterocycles. The topological polar surface area (TPSA) is 55.4 Å². The Kier molecular flexibility index (Phi) is 4.53. The van der Waals surface area contributed by atoms with E-state index in [2.05, 4.69) is 5.32 Å². The molecule has 1 N–H and O–H groups in total. The summed E-state index contributed by atoms with van der Waals surface area (Å²) < 4.78 is 18.0. The third-order valence-electron chi connectivity index (χ3n) is 2.49. The number of hydrogen-bond donors (Lipinski definition) is 1. The molecule has 0 fully saturated rings. The first-order valence-electron chi connectivity index (χ1n) is 6.33. The van der Waals surface area contributed by atoms with Crippen LogP contribution in [-0.2, 0) is 4.74 Å². The second kappa shape index (κ2) is 5.61. The summed E-state index contributed by atoms with van der Waals surface area (Å²) in [4.78, 5) is 24.0. The van der Waals surface area contributed by atoms with Crippen molar-refractivity contribution in [3.8, 4) is 0 Å². The van der Waals surface area contributed by atoms with Crippen molar-refractivity contribution in [2.24, 2.45) is 0 Å². The van der Waals surface area contributed by atoms with Crippen molar-refractivity contribution in [3.05, 3.63) is 35.6 Å². The Morgan fingerprint density at radius 1 is 1.05 bits per heavy atom. The molecule has 4 nitrogen and oxygen atoms in total. The number of carbonyl (C=O) groups is 2. The molecular formula is C15H20FNO3. The summed E-state index contributed by atoms with van der Waals surface area (Å²) in [6.07, 6.45) is -0.669. The van der Waals surface area contributed by atoms with Gasteiger partial charge in [0.05, 0.1) is 0 Å². The van der Waals surface area contributed by atoms with Gasteiger partial charge >= 0.3 is 6.09 Å². The van der Waals surface area contributed by atoms with E-state index in [1.807, 2.05) is 0 Å². The van der Waals surface area contributed by atoms with E-state index in [0.29, 0.717) is 5.56 Å². The van der Waals surface area contributed by atoms with Crippen molar-refractivity contribution in [2.45, 2.75) is 45.8 Å². The predicted octanol–water partition coefficient (Wildman–Crippen LogP) is 3.31. The van der Waals surface area contributed by atoms with Gasteiger partial charge in [-0.2, -0.15) is 0 Å². The van der Waals surface area contributed by atoms with Gasteiger partial charge in [-0.1, -0.05) is 0 Å². The molecule has 0 saturated heterocycles. The third-order valence-corrected chi connectivity index (χ3v) is 2.49.